The molecule has 2 rings (SSSR count). The van der Waals surface area contributed by atoms with Crippen LogP contribution in [-0.4, -0.2) is 150 Å². The Balaban J connectivity index is -0.0000000215. The second-order valence-electron chi connectivity index (χ2n) is 1.87. The van der Waals surface area contributed by atoms with Crippen LogP contribution in [0.4, 0.5) is 0 Å². The molecular formula is H14Al2CaO18Si4. The fourth-order valence-corrected chi connectivity index (χ4v) is 6.54. The van der Waals surface area contributed by atoms with Gasteiger partial charge in [-0.05, 0) is 0 Å². The minimum absolute atomic E-state index is 0. The minimum Gasteiger partial charge on any atom is -0.870 e. The summed E-state index contributed by atoms with van der Waals surface area (Å²) in [5.41, 5.74) is 0. The van der Waals surface area contributed by atoms with Gasteiger partial charge in [-0.1, -0.05) is 0 Å². The molecule has 0 spiro atoms. The largest absolute Gasteiger partial charge is 2.00 e. The smallest absolute Gasteiger partial charge is 0.870 e. The Morgan fingerprint density at radius 3 is 0.720 bits per heavy atom. The standard InChI is InChI=1S/2Al.Ca.2O5Si2.8H2O/c;;;2*1-6(2)5-7(3)4;;;;;;;;/h;;;;;8*1H2/q3*+2;2*-2;;;;;;;;/p-2. The van der Waals surface area contributed by atoms with Gasteiger partial charge in [-0.2, -0.15) is 0 Å². The van der Waals surface area contributed by atoms with Gasteiger partial charge in [-0.15, -0.1) is 0 Å². The summed E-state index contributed by atoms with van der Waals surface area (Å²) in [6, 6.07) is 0. The van der Waals surface area contributed by atoms with Gasteiger partial charge >= 0.3 is 106 Å². The fourth-order valence-electron chi connectivity index (χ4n) is 0.438. The van der Waals surface area contributed by atoms with Crippen molar-refractivity contribution in [2.75, 3.05) is 0 Å². The van der Waals surface area contributed by atoms with E-state index in [4.69, 9.17) is 0 Å². The minimum atomic E-state index is -2.45. The summed E-state index contributed by atoms with van der Waals surface area (Å²) in [4.78, 5) is 0. The molecule has 2 fully saturated rings. The summed E-state index contributed by atoms with van der Waals surface area (Å²) in [6.07, 6.45) is 0. The molecule has 25 heavy (non-hydrogen) atoms. The molecule has 2 aliphatic heterocycles. The number of hydrogen-bond donors (Lipinski definition) is 0. The van der Waals surface area contributed by atoms with Crippen LogP contribution >= 0.6 is 0 Å². The van der Waals surface area contributed by atoms with Gasteiger partial charge in [0.05, 0.1) is 0 Å². The Kier molecular flexibility index (Phi) is 73.2. The molecule has 25 heteroatoms. The maximum Gasteiger partial charge on any atom is 2.00 e. The molecule has 2 aliphatic rings. The van der Waals surface area contributed by atoms with E-state index in [9.17, 15) is 17.8 Å². The third kappa shape index (κ3) is 29.9. The summed E-state index contributed by atoms with van der Waals surface area (Å²) in [5.74, 6) is 0. The first-order chi connectivity index (χ1) is 7.58. The summed E-state index contributed by atoms with van der Waals surface area (Å²) in [7, 11) is -9.79. The van der Waals surface area contributed by atoms with E-state index in [0.29, 0.717) is 0 Å². The molecule has 18 nitrogen and oxygen atoms in total. The molecule has 2 radical (unpaired) electrons. The van der Waals surface area contributed by atoms with Crippen LogP contribution in [0.15, 0.2) is 0 Å². The Labute approximate surface area is 188 Å². The molecule has 2 heterocycles. The third-order valence-electron chi connectivity index (χ3n) is 0.911. The maximum absolute atomic E-state index is 10.2. The SMILES string of the molecule is O.O.O.O.O.O.O=[Si]1[O][Al][O][Si](=O)O1.O=[Si]1[O][Al][O][Si](=O)O1.[Ca+2].[OH-].[OH-]. The fraction of sp³-hybridized carbons (Fsp3) is 0. The van der Waals surface area contributed by atoms with Crippen molar-refractivity contribution in [2.24, 2.45) is 0 Å². The molecule has 0 unspecified atom stereocenters. The van der Waals surface area contributed by atoms with Crippen molar-refractivity contribution in [1.82, 2.24) is 0 Å². The molecule has 146 valence electrons. The molecule has 0 aromatic rings. The number of rotatable bonds is 0. The Hall–Kier alpha value is 0.872. The van der Waals surface area contributed by atoms with Gasteiger partial charge in [-0.25, -0.2) is 0 Å². The molecule has 0 amide bonds. The zero-order valence-electron chi connectivity index (χ0n) is 11.8. The Morgan fingerprint density at radius 1 is 0.480 bits per heavy atom. The van der Waals surface area contributed by atoms with Crippen LogP contribution in [0.3, 0.4) is 0 Å². The quantitative estimate of drug-likeness (QED) is 0.275. The van der Waals surface area contributed by atoms with Crippen molar-refractivity contribution in [1.29, 1.82) is 0 Å². The van der Waals surface area contributed by atoms with Gasteiger partial charge in [-0.3, -0.25) is 17.8 Å². The summed E-state index contributed by atoms with van der Waals surface area (Å²) >= 11 is -1.64. The van der Waals surface area contributed by atoms with E-state index in [1.165, 1.54) is 0 Å². The zero-order chi connectivity index (χ0) is 12.0. The monoisotopic (exact) mass is 508 g/mol. The average molecular weight is 508 g/mol. The summed E-state index contributed by atoms with van der Waals surface area (Å²) in [6.45, 7) is 0. The number of hydrogen-bond acceptors (Lipinski definition) is 12. The van der Waals surface area contributed by atoms with Crippen molar-refractivity contribution in [2.45, 2.75) is 0 Å². The molecule has 2 saturated heterocycles. The first-order valence-corrected chi connectivity index (χ1v) is 10.2. The van der Waals surface area contributed by atoms with Crippen LogP contribution in [0, 0.1) is 0 Å². The second kappa shape index (κ2) is 32.5. The average Bonchev–Trinajstić information content (AvgIpc) is 2.17. The molecule has 0 aromatic carbocycles. The predicted molar refractivity (Wildman–Crippen MR) is 75.1 cm³/mol. The van der Waals surface area contributed by atoms with Crippen molar-refractivity contribution in [3.63, 3.8) is 0 Å². The molecule has 0 bridgehead atoms. The maximum atomic E-state index is 10.2. The van der Waals surface area contributed by atoms with E-state index in [0.717, 1.165) is 0 Å². The second-order valence-corrected chi connectivity index (χ2v) is 9.66. The molecule has 0 atom stereocenters. The van der Waals surface area contributed by atoms with Crippen LogP contribution in [0.2, 0.25) is 0 Å². The molecule has 0 aliphatic carbocycles. The van der Waals surface area contributed by atoms with Gasteiger partial charge in [0.2, 0.25) is 0 Å². The molecule has 14 N–H and O–H groups in total. The Bertz CT molecular complexity index is 275. The molecule has 0 aromatic heterocycles. The van der Waals surface area contributed by atoms with E-state index in [1.807, 2.05) is 0 Å². The van der Waals surface area contributed by atoms with E-state index >= 15 is 0 Å². The van der Waals surface area contributed by atoms with E-state index < -0.39 is 68.5 Å². The topological polar surface area (TPSA) is 373 Å². The normalized spacial score (nSPS) is 11.2. The van der Waals surface area contributed by atoms with Gasteiger partial charge in [0, 0.05) is 0 Å². The van der Waals surface area contributed by atoms with E-state index in [2.05, 4.69) is 22.1 Å². The molecule has 0 saturated carbocycles. The van der Waals surface area contributed by atoms with Gasteiger partial charge in [0.1, 0.15) is 0 Å². The van der Waals surface area contributed by atoms with Crippen molar-refractivity contribution >= 4 is 106 Å². The van der Waals surface area contributed by atoms with Crippen molar-refractivity contribution in [3.8, 4) is 0 Å². The van der Waals surface area contributed by atoms with Gasteiger partial charge in [0.15, 0.2) is 0 Å². The van der Waals surface area contributed by atoms with E-state index in [1.54, 1.807) is 0 Å². The predicted octanol–water partition coefficient (Wildman–Crippen LogP) is -8.85. The van der Waals surface area contributed by atoms with Crippen molar-refractivity contribution in [3.05, 3.63) is 0 Å². The van der Waals surface area contributed by atoms with Crippen LogP contribution in [0.1, 0.15) is 0 Å². The molecular weight excluding hydrogens is 494 g/mol. The van der Waals surface area contributed by atoms with Crippen LogP contribution in [-0.2, 0) is 40.0 Å². The summed E-state index contributed by atoms with van der Waals surface area (Å²) in [5, 5.41) is 0. The third-order valence-corrected chi connectivity index (χ3v) is 8.20. The van der Waals surface area contributed by atoms with E-state index in [-0.39, 0.29) is 81.5 Å². The van der Waals surface area contributed by atoms with Gasteiger partial charge < -0.3 is 66.0 Å². The van der Waals surface area contributed by atoms with Gasteiger partial charge in [0.25, 0.3) is 0 Å². The van der Waals surface area contributed by atoms with Crippen molar-refractivity contribution < 1.29 is 83.8 Å². The Morgan fingerprint density at radius 2 is 0.640 bits per heavy atom. The van der Waals surface area contributed by atoms with Crippen LogP contribution in [0.25, 0.3) is 0 Å². The van der Waals surface area contributed by atoms with Crippen LogP contribution in [0.5, 0.6) is 0 Å². The van der Waals surface area contributed by atoms with Crippen LogP contribution < -0.4 is 0 Å². The zero-order valence-corrected chi connectivity index (χ0v) is 20.4. The summed E-state index contributed by atoms with van der Waals surface area (Å²) < 4.78 is 66.5. The first-order valence-electron chi connectivity index (χ1n) is 3.39. The first kappa shape index (κ1) is 56.2.